The number of anilines is 1. The quantitative estimate of drug-likeness (QED) is 0.840. The first-order valence-corrected chi connectivity index (χ1v) is 7.28. The molecule has 2 aromatic rings. The third-order valence-electron chi connectivity index (χ3n) is 2.99. The van der Waals surface area contributed by atoms with Crippen LogP contribution in [0.5, 0.6) is 11.5 Å². The molecule has 0 bridgehead atoms. The van der Waals surface area contributed by atoms with Crippen molar-refractivity contribution in [3.63, 3.8) is 0 Å². The van der Waals surface area contributed by atoms with E-state index < -0.39 is 0 Å². The van der Waals surface area contributed by atoms with Gasteiger partial charge in [-0.25, -0.2) is 0 Å². The zero-order valence-corrected chi connectivity index (χ0v) is 12.5. The lowest BCUT2D eigenvalue weighted by Crippen LogP contribution is -2.17. The van der Waals surface area contributed by atoms with Gasteiger partial charge in [0.05, 0.1) is 0 Å². The van der Waals surface area contributed by atoms with E-state index in [0.29, 0.717) is 13.2 Å². The van der Waals surface area contributed by atoms with Crippen molar-refractivity contribution in [2.45, 2.75) is 6.54 Å². The monoisotopic (exact) mass is 367 g/mol. The second kappa shape index (κ2) is 5.69. The van der Waals surface area contributed by atoms with Crippen molar-refractivity contribution >= 4 is 28.3 Å². The number of hydrogen-bond acceptors (Lipinski definition) is 3. The van der Waals surface area contributed by atoms with Gasteiger partial charge in [-0.1, -0.05) is 24.3 Å². The van der Waals surface area contributed by atoms with E-state index in [2.05, 4.69) is 46.1 Å². The van der Waals surface area contributed by atoms with Crippen molar-refractivity contribution in [1.82, 2.24) is 0 Å². The first kappa shape index (κ1) is 12.6. The number of halogens is 1. The fourth-order valence-corrected chi connectivity index (χ4v) is 2.65. The van der Waals surface area contributed by atoms with Crippen LogP contribution in [0.25, 0.3) is 0 Å². The molecule has 0 spiro atoms. The van der Waals surface area contributed by atoms with Crippen LogP contribution < -0.4 is 14.8 Å². The highest BCUT2D eigenvalue weighted by Gasteiger charge is 2.15. The Morgan fingerprint density at radius 3 is 2.74 bits per heavy atom. The van der Waals surface area contributed by atoms with Crippen LogP contribution >= 0.6 is 22.6 Å². The predicted octanol–water partition coefficient (Wildman–Crippen LogP) is 3.67. The number of ether oxygens (including phenoxy) is 2. The molecule has 1 N–H and O–H groups in total. The molecule has 4 heteroatoms. The molecule has 0 amide bonds. The standard InChI is InChI=1S/C15H14INO2/c16-12-5-1-2-6-13(12)17-10-11-4-3-7-14-15(11)19-9-8-18-14/h1-7,17H,8-10H2. The number of para-hydroxylation sites is 2. The predicted molar refractivity (Wildman–Crippen MR) is 83.9 cm³/mol. The van der Waals surface area contributed by atoms with E-state index in [1.54, 1.807) is 0 Å². The highest BCUT2D eigenvalue weighted by molar-refractivity contribution is 14.1. The van der Waals surface area contributed by atoms with E-state index in [0.717, 1.165) is 29.3 Å². The summed E-state index contributed by atoms with van der Waals surface area (Å²) in [5, 5.41) is 3.44. The van der Waals surface area contributed by atoms with Crippen LogP contribution in [0.1, 0.15) is 5.56 Å². The van der Waals surface area contributed by atoms with Gasteiger partial charge < -0.3 is 14.8 Å². The number of rotatable bonds is 3. The summed E-state index contributed by atoms with van der Waals surface area (Å²) in [5.41, 5.74) is 2.26. The maximum absolute atomic E-state index is 5.71. The minimum atomic E-state index is 0.618. The van der Waals surface area contributed by atoms with Gasteiger partial charge in [0.25, 0.3) is 0 Å². The Hall–Kier alpha value is -1.43. The Labute approximate surface area is 126 Å². The fraction of sp³-hybridized carbons (Fsp3) is 0.200. The summed E-state index contributed by atoms with van der Waals surface area (Å²) < 4.78 is 12.5. The Bertz CT molecular complexity index is 586. The second-order valence-electron chi connectivity index (χ2n) is 4.27. The van der Waals surface area contributed by atoms with E-state index in [1.165, 1.54) is 3.57 Å². The van der Waals surface area contributed by atoms with Crippen LogP contribution in [0.15, 0.2) is 42.5 Å². The molecular formula is C15H14INO2. The molecule has 0 saturated carbocycles. The summed E-state index contributed by atoms with van der Waals surface area (Å²) in [6.45, 7) is 1.97. The van der Waals surface area contributed by atoms with Gasteiger partial charge >= 0.3 is 0 Å². The minimum absolute atomic E-state index is 0.618. The van der Waals surface area contributed by atoms with Gasteiger partial charge in [0.15, 0.2) is 11.5 Å². The van der Waals surface area contributed by atoms with Gasteiger partial charge in [-0.05, 0) is 40.8 Å². The van der Waals surface area contributed by atoms with Crippen LogP contribution in [0.4, 0.5) is 5.69 Å². The van der Waals surface area contributed by atoms with E-state index in [1.807, 2.05) is 24.3 Å². The van der Waals surface area contributed by atoms with E-state index in [9.17, 15) is 0 Å². The molecule has 2 aromatic carbocycles. The van der Waals surface area contributed by atoms with Crippen molar-refractivity contribution in [2.75, 3.05) is 18.5 Å². The van der Waals surface area contributed by atoms with Crippen LogP contribution in [0.3, 0.4) is 0 Å². The third-order valence-corrected chi connectivity index (χ3v) is 3.93. The smallest absolute Gasteiger partial charge is 0.166 e. The van der Waals surface area contributed by atoms with Gasteiger partial charge in [0, 0.05) is 21.4 Å². The minimum Gasteiger partial charge on any atom is -0.486 e. The molecule has 1 aliphatic heterocycles. The first-order valence-electron chi connectivity index (χ1n) is 6.20. The lowest BCUT2D eigenvalue weighted by Gasteiger charge is -2.21. The lowest BCUT2D eigenvalue weighted by molar-refractivity contribution is 0.170. The Morgan fingerprint density at radius 1 is 1.00 bits per heavy atom. The average Bonchev–Trinajstić information content (AvgIpc) is 2.46. The summed E-state index contributed by atoms with van der Waals surface area (Å²) in [6, 6.07) is 14.2. The Morgan fingerprint density at radius 2 is 1.84 bits per heavy atom. The van der Waals surface area contributed by atoms with E-state index in [4.69, 9.17) is 9.47 Å². The molecule has 3 rings (SSSR count). The molecule has 1 aliphatic rings. The van der Waals surface area contributed by atoms with Crippen molar-refractivity contribution in [1.29, 1.82) is 0 Å². The highest BCUT2D eigenvalue weighted by Crippen LogP contribution is 2.34. The second-order valence-corrected chi connectivity index (χ2v) is 5.44. The molecule has 1 heterocycles. The van der Waals surface area contributed by atoms with E-state index in [-0.39, 0.29) is 0 Å². The average molecular weight is 367 g/mol. The molecule has 0 aliphatic carbocycles. The molecule has 3 nitrogen and oxygen atoms in total. The third kappa shape index (κ3) is 2.78. The molecule has 19 heavy (non-hydrogen) atoms. The fourth-order valence-electron chi connectivity index (χ4n) is 2.07. The molecular weight excluding hydrogens is 353 g/mol. The van der Waals surface area contributed by atoms with E-state index >= 15 is 0 Å². The maximum atomic E-state index is 5.71. The van der Waals surface area contributed by atoms with Crippen molar-refractivity contribution in [3.05, 3.63) is 51.6 Å². The zero-order valence-electron chi connectivity index (χ0n) is 10.4. The molecule has 0 saturated heterocycles. The summed E-state index contributed by atoms with van der Waals surface area (Å²) in [7, 11) is 0. The summed E-state index contributed by atoms with van der Waals surface area (Å²) in [6.07, 6.45) is 0. The van der Waals surface area contributed by atoms with Crippen molar-refractivity contribution in [3.8, 4) is 11.5 Å². The highest BCUT2D eigenvalue weighted by atomic mass is 127. The summed E-state index contributed by atoms with van der Waals surface area (Å²) in [4.78, 5) is 0. The number of hydrogen-bond donors (Lipinski definition) is 1. The maximum Gasteiger partial charge on any atom is 0.166 e. The largest absolute Gasteiger partial charge is 0.486 e. The zero-order chi connectivity index (χ0) is 13.1. The summed E-state index contributed by atoms with van der Waals surface area (Å²) >= 11 is 2.33. The van der Waals surface area contributed by atoms with Crippen LogP contribution in [-0.2, 0) is 6.54 Å². The summed E-state index contributed by atoms with van der Waals surface area (Å²) in [5.74, 6) is 1.71. The molecule has 0 unspecified atom stereocenters. The Kier molecular flexibility index (Phi) is 3.77. The first-order chi connectivity index (χ1) is 9.34. The van der Waals surface area contributed by atoms with Crippen molar-refractivity contribution < 1.29 is 9.47 Å². The van der Waals surface area contributed by atoms with Crippen LogP contribution in [0, 0.1) is 3.57 Å². The van der Waals surface area contributed by atoms with Gasteiger partial charge in [0.2, 0.25) is 0 Å². The normalized spacial score (nSPS) is 13.1. The lowest BCUT2D eigenvalue weighted by atomic mass is 10.1. The number of fused-ring (bicyclic) bond motifs is 1. The van der Waals surface area contributed by atoms with Gasteiger partial charge in [-0.3, -0.25) is 0 Å². The molecule has 0 atom stereocenters. The molecule has 0 fully saturated rings. The number of benzene rings is 2. The molecule has 0 radical (unpaired) electrons. The van der Waals surface area contributed by atoms with Gasteiger partial charge in [-0.15, -0.1) is 0 Å². The van der Waals surface area contributed by atoms with Gasteiger partial charge in [0.1, 0.15) is 13.2 Å². The number of nitrogens with one attached hydrogen (secondary N) is 1. The Balaban J connectivity index is 1.79. The molecule has 98 valence electrons. The van der Waals surface area contributed by atoms with Gasteiger partial charge in [-0.2, -0.15) is 0 Å². The molecule has 0 aromatic heterocycles. The van der Waals surface area contributed by atoms with Crippen molar-refractivity contribution in [2.24, 2.45) is 0 Å². The van der Waals surface area contributed by atoms with Crippen LogP contribution in [0.2, 0.25) is 0 Å². The SMILES string of the molecule is Ic1ccccc1NCc1cccc2c1OCCO2. The van der Waals surface area contributed by atoms with Crippen LogP contribution in [-0.4, -0.2) is 13.2 Å². The topological polar surface area (TPSA) is 30.5 Å².